The Morgan fingerprint density at radius 1 is 1.00 bits per heavy atom. The fraction of sp³-hybridized carbons (Fsp3) is 0.250. The van der Waals surface area contributed by atoms with Gasteiger partial charge in [-0.05, 0) is 66.3 Å². The Morgan fingerprint density at radius 2 is 1.73 bits per heavy atom. The molecule has 4 rings (SSSR count). The zero-order valence-electron chi connectivity index (χ0n) is 16.9. The number of anilines is 1. The molecular weight excluding hydrogens is 399 g/mol. The van der Waals surface area contributed by atoms with Gasteiger partial charge in [0.25, 0.3) is 0 Å². The molecule has 0 aliphatic carbocycles. The third-order valence-corrected chi connectivity index (χ3v) is 7.18. The van der Waals surface area contributed by atoms with Crippen LogP contribution in [0.25, 0.3) is 0 Å². The average molecular weight is 425 g/mol. The lowest BCUT2D eigenvalue weighted by molar-refractivity contribution is 0.576. The maximum absolute atomic E-state index is 13.4. The van der Waals surface area contributed by atoms with Crippen molar-refractivity contribution < 1.29 is 12.8 Å². The molecule has 0 fully saturated rings. The number of benzene rings is 3. The second-order valence-corrected chi connectivity index (χ2v) is 9.40. The van der Waals surface area contributed by atoms with E-state index in [0.717, 1.165) is 31.1 Å². The number of nitrogens with one attached hydrogen (secondary N) is 1. The van der Waals surface area contributed by atoms with Crippen molar-refractivity contribution in [3.05, 3.63) is 94.8 Å². The summed E-state index contributed by atoms with van der Waals surface area (Å²) in [4.78, 5) is 2.35. The van der Waals surface area contributed by atoms with E-state index in [4.69, 9.17) is 0 Å². The van der Waals surface area contributed by atoms with Crippen LogP contribution in [0.4, 0.5) is 10.1 Å². The van der Waals surface area contributed by atoms with Gasteiger partial charge < -0.3 is 4.90 Å². The summed E-state index contributed by atoms with van der Waals surface area (Å²) in [5.41, 5.74) is 5.54. The van der Waals surface area contributed by atoms with Crippen molar-refractivity contribution in [1.29, 1.82) is 0 Å². The van der Waals surface area contributed by atoms with Crippen molar-refractivity contribution in [2.24, 2.45) is 0 Å². The van der Waals surface area contributed by atoms with Gasteiger partial charge in [-0.25, -0.2) is 17.5 Å². The van der Waals surface area contributed by atoms with Crippen molar-refractivity contribution in [2.45, 2.75) is 31.2 Å². The number of sulfonamides is 1. The molecule has 0 amide bonds. The molecule has 0 aromatic heterocycles. The number of nitrogens with zero attached hydrogens (tertiary/aromatic N) is 1. The summed E-state index contributed by atoms with van der Waals surface area (Å²) in [5.74, 6) is -0.558. The van der Waals surface area contributed by atoms with E-state index in [1.807, 2.05) is 12.1 Å². The molecule has 6 heteroatoms. The van der Waals surface area contributed by atoms with Crippen LogP contribution in [0.3, 0.4) is 0 Å². The first-order valence-corrected chi connectivity index (χ1v) is 11.6. The van der Waals surface area contributed by atoms with E-state index in [1.165, 1.54) is 28.9 Å². The standard InChI is InChI=1S/C24H25FN2O2S/c1-18-6-9-22(25)16-24(18)30(28,29)26-14-12-19-7-10-23(11-8-19)27-15-13-20-4-2-3-5-21(20)17-27/h2-11,16,26H,12-15,17H2,1H3. The summed E-state index contributed by atoms with van der Waals surface area (Å²) in [6.07, 6.45) is 1.61. The topological polar surface area (TPSA) is 49.4 Å². The number of hydrogen-bond donors (Lipinski definition) is 1. The van der Waals surface area contributed by atoms with Gasteiger partial charge in [0.1, 0.15) is 5.82 Å². The smallest absolute Gasteiger partial charge is 0.240 e. The highest BCUT2D eigenvalue weighted by Gasteiger charge is 2.18. The molecule has 0 spiro atoms. The number of hydrogen-bond acceptors (Lipinski definition) is 3. The highest BCUT2D eigenvalue weighted by Crippen LogP contribution is 2.24. The third kappa shape index (κ3) is 4.55. The second-order valence-electron chi connectivity index (χ2n) is 7.66. The van der Waals surface area contributed by atoms with Gasteiger partial charge in [-0.15, -0.1) is 0 Å². The SMILES string of the molecule is Cc1ccc(F)cc1S(=O)(=O)NCCc1ccc(N2CCc3ccccc3C2)cc1. The summed E-state index contributed by atoms with van der Waals surface area (Å²) in [6, 6.07) is 20.6. The Labute approximate surface area is 177 Å². The Morgan fingerprint density at radius 3 is 2.50 bits per heavy atom. The summed E-state index contributed by atoms with van der Waals surface area (Å²) in [5, 5.41) is 0. The van der Waals surface area contributed by atoms with Crippen LogP contribution in [-0.2, 0) is 29.4 Å². The normalized spacial score (nSPS) is 13.9. The highest BCUT2D eigenvalue weighted by molar-refractivity contribution is 7.89. The largest absolute Gasteiger partial charge is 0.367 e. The molecule has 30 heavy (non-hydrogen) atoms. The predicted molar refractivity (Wildman–Crippen MR) is 118 cm³/mol. The van der Waals surface area contributed by atoms with Crippen molar-refractivity contribution in [3.63, 3.8) is 0 Å². The first-order valence-electron chi connectivity index (χ1n) is 10.1. The van der Waals surface area contributed by atoms with Gasteiger partial charge in [0.05, 0.1) is 4.90 Å². The third-order valence-electron chi connectivity index (χ3n) is 5.58. The Hall–Kier alpha value is -2.70. The molecule has 1 N–H and O–H groups in total. The van der Waals surface area contributed by atoms with Crippen LogP contribution < -0.4 is 9.62 Å². The Balaban J connectivity index is 1.36. The van der Waals surface area contributed by atoms with Crippen molar-refractivity contribution in [3.8, 4) is 0 Å². The molecule has 3 aromatic rings. The van der Waals surface area contributed by atoms with E-state index in [2.05, 4.69) is 46.0 Å². The van der Waals surface area contributed by atoms with Crippen LogP contribution in [0.2, 0.25) is 0 Å². The van der Waals surface area contributed by atoms with Crippen LogP contribution in [0.5, 0.6) is 0 Å². The molecule has 0 bridgehead atoms. The molecule has 0 saturated heterocycles. The van der Waals surface area contributed by atoms with E-state index in [0.29, 0.717) is 12.0 Å². The monoisotopic (exact) mass is 424 g/mol. The number of fused-ring (bicyclic) bond motifs is 1. The zero-order valence-corrected chi connectivity index (χ0v) is 17.8. The molecule has 0 radical (unpaired) electrons. The van der Waals surface area contributed by atoms with Crippen LogP contribution in [0, 0.1) is 12.7 Å². The van der Waals surface area contributed by atoms with Gasteiger partial charge in [0.15, 0.2) is 0 Å². The van der Waals surface area contributed by atoms with Gasteiger partial charge in [-0.1, -0.05) is 42.5 Å². The maximum Gasteiger partial charge on any atom is 0.240 e. The molecular formula is C24H25FN2O2S. The summed E-state index contributed by atoms with van der Waals surface area (Å²) in [6.45, 7) is 3.81. The van der Waals surface area contributed by atoms with E-state index >= 15 is 0 Å². The summed E-state index contributed by atoms with van der Waals surface area (Å²) in [7, 11) is -3.74. The minimum absolute atomic E-state index is 0.0109. The molecule has 1 aliphatic rings. The minimum Gasteiger partial charge on any atom is -0.367 e. The van der Waals surface area contributed by atoms with Gasteiger partial charge in [-0.3, -0.25) is 0 Å². The molecule has 4 nitrogen and oxygen atoms in total. The molecule has 1 aliphatic heterocycles. The van der Waals surface area contributed by atoms with Gasteiger partial charge in [-0.2, -0.15) is 0 Å². The average Bonchev–Trinajstić information content (AvgIpc) is 2.75. The lowest BCUT2D eigenvalue weighted by atomic mass is 9.99. The molecule has 0 unspecified atom stereocenters. The first kappa shape index (κ1) is 20.6. The van der Waals surface area contributed by atoms with E-state index < -0.39 is 15.8 Å². The van der Waals surface area contributed by atoms with E-state index in [-0.39, 0.29) is 11.4 Å². The zero-order chi connectivity index (χ0) is 21.1. The first-order chi connectivity index (χ1) is 14.4. The van der Waals surface area contributed by atoms with Crippen LogP contribution in [-0.4, -0.2) is 21.5 Å². The summed E-state index contributed by atoms with van der Waals surface area (Å²) >= 11 is 0. The van der Waals surface area contributed by atoms with Gasteiger partial charge in [0.2, 0.25) is 10.0 Å². The molecule has 0 saturated carbocycles. The molecule has 156 valence electrons. The molecule has 0 atom stereocenters. The number of rotatable bonds is 6. The molecule has 3 aromatic carbocycles. The van der Waals surface area contributed by atoms with Crippen molar-refractivity contribution >= 4 is 15.7 Å². The van der Waals surface area contributed by atoms with Crippen LogP contribution in [0.1, 0.15) is 22.3 Å². The fourth-order valence-corrected chi connectivity index (χ4v) is 5.15. The summed E-state index contributed by atoms with van der Waals surface area (Å²) < 4.78 is 41.0. The van der Waals surface area contributed by atoms with Crippen LogP contribution >= 0.6 is 0 Å². The lowest BCUT2D eigenvalue weighted by Gasteiger charge is -2.30. The van der Waals surface area contributed by atoms with E-state index in [9.17, 15) is 12.8 Å². The second kappa shape index (κ2) is 8.58. The minimum atomic E-state index is -3.74. The van der Waals surface area contributed by atoms with Crippen molar-refractivity contribution in [1.82, 2.24) is 4.72 Å². The lowest BCUT2D eigenvalue weighted by Crippen LogP contribution is -2.30. The van der Waals surface area contributed by atoms with Crippen LogP contribution in [0.15, 0.2) is 71.6 Å². The van der Waals surface area contributed by atoms with E-state index in [1.54, 1.807) is 6.92 Å². The van der Waals surface area contributed by atoms with Gasteiger partial charge >= 0.3 is 0 Å². The Bertz CT molecular complexity index is 1140. The fourth-order valence-electron chi connectivity index (χ4n) is 3.86. The molecule has 1 heterocycles. The number of aryl methyl sites for hydroxylation is 1. The predicted octanol–water partition coefficient (Wildman–Crippen LogP) is 4.22. The maximum atomic E-state index is 13.4. The van der Waals surface area contributed by atoms with Crippen molar-refractivity contribution in [2.75, 3.05) is 18.0 Å². The quantitative estimate of drug-likeness (QED) is 0.645. The number of halogens is 1. The van der Waals surface area contributed by atoms with Gasteiger partial charge in [0, 0.05) is 25.3 Å². The Kier molecular flexibility index (Phi) is 5.88. The highest BCUT2D eigenvalue weighted by atomic mass is 32.2.